The molecule has 1 amide bonds. The molecule has 130 valence electrons. The summed E-state index contributed by atoms with van der Waals surface area (Å²) < 4.78 is 0.682. The van der Waals surface area contributed by atoms with Gasteiger partial charge in [0.15, 0.2) is 0 Å². The third kappa shape index (κ3) is 0.171. The number of anilines is 1. The van der Waals surface area contributed by atoms with Crippen LogP contribution in [-0.2, 0) is 10.8 Å². The molecule has 10 saturated heterocycles. The monoisotopic (exact) mass is 382 g/mol. The van der Waals surface area contributed by atoms with Crippen LogP contribution in [0, 0.1) is 0 Å². The Morgan fingerprint density at radius 1 is 0.885 bits per heavy atom. The molecule has 3 nitrogen and oxygen atoms in total. The quantitative estimate of drug-likeness (QED) is 0.748. The second-order valence-corrected chi connectivity index (χ2v) is 36.5. The van der Waals surface area contributed by atoms with Crippen LogP contribution in [0.15, 0.2) is 48.8 Å². The van der Waals surface area contributed by atoms with Crippen molar-refractivity contribution in [2.45, 2.75) is 47.7 Å². The molecule has 2 aromatic rings. The Balaban J connectivity index is 1.14. The summed E-state index contributed by atoms with van der Waals surface area (Å²) in [5.74, 6) is 0.0199. The average Bonchev–Trinajstić information content (AvgIpc) is 3.62. The van der Waals surface area contributed by atoms with E-state index in [0.717, 1.165) is 5.69 Å². The normalized spacial score (nSPS) is 81.5. The molecule has 1 spiro atoms. The molecule has 0 bridgehead atoms. The van der Waals surface area contributed by atoms with E-state index in [4.69, 9.17) is 0 Å². The van der Waals surface area contributed by atoms with Gasteiger partial charge >= 0.3 is 141 Å². The van der Waals surface area contributed by atoms with E-state index in [1.165, 1.54) is 43.3 Å². The van der Waals surface area contributed by atoms with Crippen LogP contribution in [0.25, 0.3) is 0 Å². The van der Waals surface area contributed by atoms with Gasteiger partial charge in [-0.1, -0.05) is 0 Å². The zero-order valence-electron chi connectivity index (χ0n) is 14.0. The maximum atomic E-state index is 12.8. The fourth-order valence-corrected chi connectivity index (χ4v) is 92.7. The van der Waals surface area contributed by atoms with Gasteiger partial charge in [-0.25, -0.2) is 0 Å². The summed E-state index contributed by atoms with van der Waals surface area (Å²) >= 11 is 0. The summed E-state index contributed by atoms with van der Waals surface area (Å²) in [5.41, 5.74) is 3.45. The van der Waals surface area contributed by atoms with Gasteiger partial charge in [-0.05, 0) is 0 Å². The Labute approximate surface area is 140 Å². The summed E-state index contributed by atoms with van der Waals surface area (Å²) in [5, 5.41) is 3.31. The third-order valence-corrected chi connectivity index (χ3v) is 59.6. The molecule has 10 fully saturated rings. The molecule has 1 aromatic heterocycles. The van der Waals surface area contributed by atoms with Crippen LogP contribution in [0.4, 0.5) is 5.69 Å². The number of carbonyl (C=O) groups is 1. The molecule has 10 aliphatic heterocycles. The standard InChI is InChI=1S/C17H13N2O.C5H5.Fe/c20-17(14-9-11-18-12-10-14)19-16-8-4-3-7-15(16)13-5-1-2-6-13;1-2-4-5-3-1;/h1-12H,(H,19,20);1-5H;. The predicted molar refractivity (Wildman–Crippen MR) is 94.1 cm³/mol. The maximum absolute atomic E-state index is 12.8. The molecular weight excluding hydrogens is 364 g/mol. The zero-order chi connectivity index (χ0) is 16.4. The number of nitrogens with zero attached hydrogens (tertiary/aromatic N) is 1. The van der Waals surface area contributed by atoms with Crippen LogP contribution in [-0.4, -0.2) is 10.9 Å². The number of aromatic nitrogens is 1. The van der Waals surface area contributed by atoms with Crippen LogP contribution >= 0.6 is 0 Å². The number of carbonyl (C=O) groups excluding carboxylic acids is 1. The minimum absolute atomic E-state index is 0.0199. The molecule has 4 atom stereocenters. The first-order valence-corrected chi connectivity index (χ1v) is 16.3. The van der Waals surface area contributed by atoms with Crippen LogP contribution in [0.5, 0.6) is 0 Å². The molecule has 0 radical (unpaired) electrons. The second kappa shape index (κ2) is 1.21. The Morgan fingerprint density at radius 2 is 1.50 bits per heavy atom. The van der Waals surface area contributed by atoms with Crippen molar-refractivity contribution in [2.75, 3.05) is 5.32 Å². The molecule has 0 aliphatic carbocycles. The van der Waals surface area contributed by atoms with E-state index in [1.807, 2.05) is 12.1 Å². The molecule has 11 heterocycles. The van der Waals surface area contributed by atoms with Crippen molar-refractivity contribution in [3.8, 4) is 0 Å². The van der Waals surface area contributed by atoms with E-state index in [-0.39, 0.29) is 5.91 Å². The summed E-state index contributed by atoms with van der Waals surface area (Å²) in [7, 11) is 0. The number of para-hydroxylation sites is 1. The molecule has 0 saturated carbocycles. The van der Waals surface area contributed by atoms with E-state index in [1.54, 1.807) is 18.0 Å². The van der Waals surface area contributed by atoms with Crippen LogP contribution in [0.1, 0.15) is 15.9 Å². The molecule has 1 N–H and O–H groups in total. The van der Waals surface area contributed by atoms with Crippen molar-refractivity contribution in [3.05, 3.63) is 59.9 Å². The van der Waals surface area contributed by atoms with Crippen molar-refractivity contribution in [1.29, 1.82) is 0 Å². The number of pyridine rings is 1. The number of rotatable bonds is 3. The van der Waals surface area contributed by atoms with Gasteiger partial charge in [-0.3, -0.25) is 0 Å². The van der Waals surface area contributed by atoms with Crippen molar-refractivity contribution in [1.82, 2.24) is 4.98 Å². The first-order valence-electron chi connectivity index (χ1n) is 10.0. The van der Waals surface area contributed by atoms with Gasteiger partial charge in [0.2, 0.25) is 0 Å². The summed E-state index contributed by atoms with van der Waals surface area (Å²) in [6, 6.07) is 12.6. The molecular formula is C22H18FeN2O. The van der Waals surface area contributed by atoms with Gasteiger partial charge < -0.3 is 0 Å². The van der Waals surface area contributed by atoms with E-state index in [2.05, 4.69) is 34.6 Å². The topological polar surface area (TPSA) is 42.0 Å². The van der Waals surface area contributed by atoms with Gasteiger partial charge in [0.25, 0.3) is 0 Å². The molecule has 1 aromatic carbocycles. The first kappa shape index (κ1) is 10.6. The number of hydrogen-bond acceptors (Lipinski definition) is 2. The van der Waals surface area contributed by atoms with Gasteiger partial charge in [0.1, 0.15) is 0 Å². The van der Waals surface area contributed by atoms with Gasteiger partial charge in [-0.15, -0.1) is 0 Å². The van der Waals surface area contributed by atoms with E-state index in [0.29, 0.717) is 9.88 Å². The summed E-state index contributed by atoms with van der Waals surface area (Å²) in [6.07, 6.45) is 3.40. The van der Waals surface area contributed by atoms with E-state index < -0.39 is 6.51 Å². The van der Waals surface area contributed by atoms with Gasteiger partial charge in [0, 0.05) is 0 Å². The molecule has 26 heavy (non-hydrogen) atoms. The van der Waals surface area contributed by atoms with Gasteiger partial charge in [-0.2, -0.15) is 0 Å². The van der Waals surface area contributed by atoms with E-state index >= 15 is 0 Å². The Kier molecular flexibility index (Phi) is 0.494. The van der Waals surface area contributed by atoms with Crippen LogP contribution in [0.3, 0.4) is 0 Å². The Hall–Kier alpha value is -1.64. The van der Waals surface area contributed by atoms with Crippen LogP contribution in [0.2, 0.25) is 43.3 Å². The van der Waals surface area contributed by atoms with E-state index in [9.17, 15) is 4.79 Å². The molecule has 4 unspecified atom stereocenters. The fourth-order valence-electron chi connectivity index (χ4n) is 18.5. The van der Waals surface area contributed by atoms with Crippen LogP contribution < -0.4 is 5.32 Å². The molecule has 4 heteroatoms. The van der Waals surface area contributed by atoms with Crippen molar-refractivity contribution >= 4 is 11.6 Å². The number of hydrogen-bond donors (Lipinski definition) is 1. The zero-order valence-corrected chi connectivity index (χ0v) is 15.1. The first-order chi connectivity index (χ1) is 12.5. The average molecular weight is 382 g/mol. The third-order valence-electron chi connectivity index (χ3n) is 17.2. The number of amides is 1. The summed E-state index contributed by atoms with van der Waals surface area (Å²) in [4.78, 5) is 28.5. The summed E-state index contributed by atoms with van der Waals surface area (Å²) in [6.45, 7) is -3.20. The SMILES string of the molecule is O=C(Nc1ccccc1[C]12[CH]3[CH]4[CH]5[CH]1[Fe]45321678[CH]2[CH]1[CH]6[CH]7[CH]28)c1ccncc1. The minimum atomic E-state index is -3.20. The molecule has 10 aliphatic rings. The number of nitrogens with one attached hydrogen (secondary N) is 1. The molecule has 12 rings (SSSR count). The van der Waals surface area contributed by atoms with Crippen molar-refractivity contribution in [2.24, 2.45) is 0 Å². The second-order valence-electron chi connectivity index (χ2n) is 12.9. The number of fused-ring (bicyclic) bond motifs is 10. The number of benzene rings is 1. The Bertz CT molecular complexity index is 1490. The van der Waals surface area contributed by atoms with Crippen molar-refractivity contribution < 1.29 is 11.3 Å². The van der Waals surface area contributed by atoms with Crippen molar-refractivity contribution in [3.63, 3.8) is 0 Å². The fraction of sp³-hybridized carbons (Fsp3) is 0.455. The Morgan fingerprint density at radius 3 is 2.04 bits per heavy atom. The predicted octanol–water partition coefficient (Wildman–Crippen LogP) is 5.13. The van der Waals surface area contributed by atoms with Gasteiger partial charge in [0.05, 0.1) is 0 Å².